The average Bonchev–Trinajstić information content (AvgIpc) is 2.47. The number of unbranched alkanes of at least 4 members (excludes halogenated alkanes) is 1. The lowest BCUT2D eigenvalue weighted by molar-refractivity contribution is 0.0860. The van der Waals surface area contributed by atoms with Gasteiger partial charge in [0.05, 0.1) is 0 Å². The molecule has 3 atom stereocenters. The Hall–Kier alpha value is -0.0400. The Balaban J connectivity index is 2.68. The molecule has 0 heterocycles. The normalized spacial score (nSPS) is 24.7. The molecule has 21 heavy (non-hydrogen) atoms. The number of hydrogen-bond acceptors (Lipinski definition) is 1. The Bertz CT molecular complexity index is 259. The Labute approximate surface area is 134 Å². The molecule has 1 nitrogen and oxygen atoms in total. The van der Waals surface area contributed by atoms with Gasteiger partial charge in [0.15, 0.2) is 0 Å². The molecule has 1 heteroatoms. The highest BCUT2D eigenvalue weighted by molar-refractivity contribution is 4.91. The predicted molar refractivity (Wildman–Crippen MR) is 95.7 cm³/mol. The first-order valence-electron chi connectivity index (χ1n) is 9.78. The van der Waals surface area contributed by atoms with Gasteiger partial charge < -0.3 is 5.32 Å². The summed E-state index contributed by atoms with van der Waals surface area (Å²) in [6.45, 7) is 13.2. The molecule has 0 spiro atoms. The van der Waals surface area contributed by atoms with Crippen molar-refractivity contribution in [1.82, 2.24) is 5.32 Å². The molecule has 3 unspecified atom stereocenters. The second kappa shape index (κ2) is 9.87. The van der Waals surface area contributed by atoms with Crippen LogP contribution in [0.5, 0.6) is 0 Å². The fourth-order valence-electron chi connectivity index (χ4n) is 4.33. The zero-order valence-corrected chi connectivity index (χ0v) is 15.5. The van der Waals surface area contributed by atoms with Crippen molar-refractivity contribution in [3.05, 3.63) is 0 Å². The summed E-state index contributed by atoms with van der Waals surface area (Å²) in [5.41, 5.74) is 0.534. The molecule has 0 amide bonds. The van der Waals surface area contributed by atoms with E-state index < -0.39 is 0 Å². The first kappa shape index (κ1) is 19.0. The third-order valence-corrected chi connectivity index (χ3v) is 5.86. The van der Waals surface area contributed by atoms with Crippen LogP contribution in [0.15, 0.2) is 0 Å². The summed E-state index contributed by atoms with van der Waals surface area (Å²) >= 11 is 0. The molecule has 1 N–H and O–H groups in total. The van der Waals surface area contributed by atoms with E-state index in [-0.39, 0.29) is 0 Å². The summed E-state index contributed by atoms with van der Waals surface area (Å²) in [6, 6.07) is 0.752. The van der Waals surface area contributed by atoms with Crippen LogP contribution < -0.4 is 5.32 Å². The number of nitrogens with one attached hydrogen (secondary N) is 1. The molecule has 0 aromatic carbocycles. The van der Waals surface area contributed by atoms with Crippen LogP contribution in [0.1, 0.15) is 98.8 Å². The molecule has 1 fully saturated rings. The summed E-state index contributed by atoms with van der Waals surface area (Å²) in [6.07, 6.45) is 14.0. The topological polar surface area (TPSA) is 12.0 Å². The molecule has 0 radical (unpaired) electrons. The Morgan fingerprint density at radius 3 is 2.43 bits per heavy atom. The third-order valence-electron chi connectivity index (χ3n) is 5.86. The van der Waals surface area contributed by atoms with E-state index in [4.69, 9.17) is 0 Å². The number of hydrogen-bond donors (Lipinski definition) is 1. The fourth-order valence-corrected chi connectivity index (χ4v) is 4.33. The van der Waals surface area contributed by atoms with Crippen molar-refractivity contribution in [3.63, 3.8) is 0 Å². The van der Waals surface area contributed by atoms with Crippen molar-refractivity contribution in [2.24, 2.45) is 17.3 Å². The van der Waals surface area contributed by atoms with Crippen LogP contribution in [0, 0.1) is 17.3 Å². The zero-order chi connectivity index (χ0) is 15.7. The van der Waals surface area contributed by atoms with Gasteiger partial charge >= 0.3 is 0 Å². The standard InChI is InChI=1S/C20H41N/c1-6-9-12-17(8-3)16-19(21-15-7-2)18-13-10-11-14-20(18,4)5/h17-19,21H,6-16H2,1-5H3. The molecule has 1 rings (SSSR count). The van der Waals surface area contributed by atoms with Gasteiger partial charge in [-0.2, -0.15) is 0 Å². The summed E-state index contributed by atoms with van der Waals surface area (Å²) < 4.78 is 0. The van der Waals surface area contributed by atoms with E-state index in [2.05, 4.69) is 39.9 Å². The quantitative estimate of drug-likeness (QED) is 0.507. The highest BCUT2D eigenvalue weighted by Crippen LogP contribution is 2.43. The molecule has 126 valence electrons. The highest BCUT2D eigenvalue weighted by atomic mass is 14.9. The van der Waals surface area contributed by atoms with E-state index >= 15 is 0 Å². The minimum Gasteiger partial charge on any atom is -0.314 e. The van der Waals surface area contributed by atoms with Crippen molar-refractivity contribution >= 4 is 0 Å². The van der Waals surface area contributed by atoms with Crippen LogP contribution in [-0.2, 0) is 0 Å². The Morgan fingerprint density at radius 1 is 1.10 bits per heavy atom. The van der Waals surface area contributed by atoms with E-state index in [1.54, 1.807) is 0 Å². The lowest BCUT2D eigenvalue weighted by Crippen LogP contribution is -2.46. The van der Waals surface area contributed by atoms with Crippen molar-refractivity contribution in [3.8, 4) is 0 Å². The molecule has 1 aliphatic rings. The molecule has 0 aromatic rings. The van der Waals surface area contributed by atoms with Crippen LogP contribution in [0.2, 0.25) is 0 Å². The van der Waals surface area contributed by atoms with Crippen molar-refractivity contribution < 1.29 is 0 Å². The smallest absolute Gasteiger partial charge is 0.0103 e. The lowest BCUT2D eigenvalue weighted by atomic mass is 9.64. The Morgan fingerprint density at radius 2 is 1.86 bits per heavy atom. The van der Waals surface area contributed by atoms with Crippen LogP contribution >= 0.6 is 0 Å². The summed E-state index contributed by atoms with van der Waals surface area (Å²) in [5, 5.41) is 3.94. The third kappa shape index (κ3) is 6.30. The highest BCUT2D eigenvalue weighted by Gasteiger charge is 2.37. The van der Waals surface area contributed by atoms with Gasteiger partial charge in [0.1, 0.15) is 0 Å². The minimum absolute atomic E-state index is 0.534. The summed E-state index contributed by atoms with van der Waals surface area (Å²) in [4.78, 5) is 0. The van der Waals surface area contributed by atoms with E-state index in [9.17, 15) is 0 Å². The van der Waals surface area contributed by atoms with Gasteiger partial charge in [-0.3, -0.25) is 0 Å². The van der Waals surface area contributed by atoms with Gasteiger partial charge in [-0.05, 0) is 49.5 Å². The van der Waals surface area contributed by atoms with Gasteiger partial charge in [-0.1, -0.05) is 73.1 Å². The van der Waals surface area contributed by atoms with E-state index in [1.165, 1.54) is 70.8 Å². The van der Waals surface area contributed by atoms with Gasteiger partial charge in [0.25, 0.3) is 0 Å². The van der Waals surface area contributed by atoms with Crippen LogP contribution in [-0.4, -0.2) is 12.6 Å². The molecule has 0 aliphatic heterocycles. The number of rotatable bonds is 10. The molecule has 1 aliphatic carbocycles. The molecule has 1 saturated carbocycles. The fraction of sp³-hybridized carbons (Fsp3) is 1.00. The monoisotopic (exact) mass is 295 g/mol. The SMILES string of the molecule is CCCCC(CC)CC(NCCC)C1CCCCC1(C)C. The maximum absolute atomic E-state index is 3.94. The maximum Gasteiger partial charge on any atom is 0.0103 e. The molecule has 0 bridgehead atoms. The minimum atomic E-state index is 0.534. The molecular weight excluding hydrogens is 254 g/mol. The summed E-state index contributed by atoms with van der Waals surface area (Å²) in [5.74, 6) is 1.81. The largest absolute Gasteiger partial charge is 0.314 e. The average molecular weight is 296 g/mol. The predicted octanol–water partition coefficient (Wildman–Crippen LogP) is 6.18. The van der Waals surface area contributed by atoms with E-state index in [0.29, 0.717) is 5.41 Å². The first-order chi connectivity index (χ1) is 10.0. The van der Waals surface area contributed by atoms with Gasteiger partial charge in [0, 0.05) is 6.04 Å². The Kier molecular flexibility index (Phi) is 8.94. The summed E-state index contributed by atoms with van der Waals surface area (Å²) in [7, 11) is 0. The second-order valence-electron chi connectivity index (χ2n) is 8.05. The molecular formula is C20H41N. The molecule has 0 saturated heterocycles. The van der Waals surface area contributed by atoms with Crippen LogP contribution in [0.25, 0.3) is 0 Å². The van der Waals surface area contributed by atoms with Gasteiger partial charge in [-0.25, -0.2) is 0 Å². The van der Waals surface area contributed by atoms with Gasteiger partial charge in [0.2, 0.25) is 0 Å². The van der Waals surface area contributed by atoms with Crippen LogP contribution in [0.4, 0.5) is 0 Å². The maximum atomic E-state index is 3.94. The van der Waals surface area contributed by atoms with Crippen LogP contribution in [0.3, 0.4) is 0 Å². The zero-order valence-electron chi connectivity index (χ0n) is 15.5. The lowest BCUT2D eigenvalue weighted by Gasteiger charge is -2.44. The van der Waals surface area contributed by atoms with Crippen molar-refractivity contribution in [2.45, 2.75) is 105 Å². The molecule has 0 aromatic heterocycles. The van der Waals surface area contributed by atoms with Crippen molar-refractivity contribution in [1.29, 1.82) is 0 Å². The van der Waals surface area contributed by atoms with Crippen molar-refractivity contribution in [2.75, 3.05) is 6.54 Å². The van der Waals surface area contributed by atoms with E-state index in [0.717, 1.165) is 17.9 Å². The van der Waals surface area contributed by atoms with E-state index in [1.807, 2.05) is 0 Å². The second-order valence-corrected chi connectivity index (χ2v) is 8.05. The first-order valence-corrected chi connectivity index (χ1v) is 9.78. The van der Waals surface area contributed by atoms with Gasteiger partial charge in [-0.15, -0.1) is 0 Å².